The second-order valence-electron chi connectivity index (χ2n) is 5.26. The highest BCUT2D eigenvalue weighted by molar-refractivity contribution is 5.71. The maximum atomic E-state index is 10.6. The van der Waals surface area contributed by atoms with Crippen LogP contribution in [0.5, 0.6) is 0 Å². The second-order valence-corrected chi connectivity index (χ2v) is 5.26. The Morgan fingerprint density at radius 3 is 2.44 bits per heavy atom. The second kappa shape index (κ2) is 5.14. The molecule has 1 aliphatic carbocycles. The topological polar surface area (TPSA) is 36.7 Å². The number of hydrogen-bond donors (Lipinski definition) is 0. The largest absolute Gasteiger partial charge is 0.438 e. The molecule has 1 saturated heterocycles. The van der Waals surface area contributed by atoms with Gasteiger partial charge in [0.1, 0.15) is 0 Å². The molecule has 1 aromatic heterocycles. The van der Waals surface area contributed by atoms with E-state index < -0.39 is 0 Å². The Kier molecular flexibility index (Phi) is 3.37. The van der Waals surface area contributed by atoms with Crippen LogP contribution < -0.4 is 4.90 Å². The molecule has 0 bridgehead atoms. The van der Waals surface area contributed by atoms with Gasteiger partial charge in [-0.2, -0.15) is 0 Å². The molecule has 98 valence electrons. The molecule has 0 aromatic carbocycles. The molecule has 0 radical (unpaired) electrons. The van der Waals surface area contributed by atoms with Crippen molar-refractivity contribution in [2.24, 2.45) is 0 Å². The fourth-order valence-corrected chi connectivity index (χ4v) is 3.15. The Hall–Kier alpha value is -1.29. The van der Waals surface area contributed by atoms with Crippen LogP contribution in [-0.4, -0.2) is 43.4 Å². The van der Waals surface area contributed by atoms with Gasteiger partial charge in [0.2, 0.25) is 0 Å². The Bertz CT molecular complexity index is 402. The van der Waals surface area contributed by atoms with Crippen molar-refractivity contribution in [3.8, 4) is 0 Å². The first kappa shape index (κ1) is 11.8. The Balaban J connectivity index is 1.57. The van der Waals surface area contributed by atoms with Gasteiger partial charge in [0.05, 0.1) is 0 Å². The first-order chi connectivity index (χ1) is 8.86. The Labute approximate surface area is 108 Å². The number of carbonyl (C=O) groups is 1. The molecule has 1 aliphatic heterocycles. The predicted octanol–water partition coefficient (Wildman–Crippen LogP) is 2.16. The number of nitrogens with zero attached hydrogens (tertiary/aromatic N) is 2. The van der Waals surface area contributed by atoms with Crippen LogP contribution in [0.15, 0.2) is 16.5 Å². The van der Waals surface area contributed by atoms with E-state index in [1.165, 1.54) is 25.7 Å². The smallest absolute Gasteiger partial charge is 0.196 e. The molecule has 0 atom stereocenters. The molecular formula is C14H20N2O2. The fourth-order valence-electron chi connectivity index (χ4n) is 3.15. The van der Waals surface area contributed by atoms with E-state index in [9.17, 15) is 4.79 Å². The van der Waals surface area contributed by atoms with E-state index >= 15 is 0 Å². The van der Waals surface area contributed by atoms with Gasteiger partial charge in [-0.25, -0.2) is 0 Å². The lowest BCUT2D eigenvalue weighted by Gasteiger charge is -2.37. The molecular weight excluding hydrogens is 228 g/mol. The van der Waals surface area contributed by atoms with Gasteiger partial charge in [-0.05, 0) is 18.9 Å². The summed E-state index contributed by atoms with van der Waals surface area (Å²) in [4.78, 5) is 15.5. The quantitative estimate of drug-likeness (QED) is 0.768. The molecule has 2 aliphatic rings. The van der Waals surface area contributed by atoms with Crippen LogP contribution in [-0.2, 0) is 0 Å². The third kappa shape index (κ3) is 2.29. The Morgan fingerprint density at radius 2 is 1.83 bits per heavy atom. The van der Waals surface area contributed by atoms with Crippen LogP contribution in [0, 0.1) is 0 Å². The third-order valence-corrected chi connectivity index (χ3v) is 4.20. The molecule has 1 aromatic rings. The van der Waals surface area contributed by atoms with Crippen LogP contribution in [0.4, 0.5) is 5.88 Å². The normalized spacial score (nSPS) is 22.6. The van der Waals surface area contributed by atoms with Crippen molar-refractivity contribution in [2.75, 3.05) is 31.1 Å². The van der Waals surface area contributed by atoms with E-state index in [0.29, 0.717) is 5.76 Å². The van der Waals surface area contributed by atoms with Gasteiger partial charge in [-0.15, -0.1) is 0 Å². The van der Waals surface area contributed by atoms with Gasteiger partial charge in [0, 0.05) is 38.3 Å². The highest BCUT2D eigenvalue weighted by atomic mass is 16.4. The van der Waals surface area contributed by atoms with Crippen molar-refractivity contribution in [3.63, 3.8) is 0 Å². The Morgan fingerprint density at radius 1 is 1.11 bits per heavy atom. The van der Waals surface area contributed by atoms with Crippen LogP contribution in [0.3, 0.4) is 0 Å². The molecule has 4 heteroatoms. The standard InChI is InChI=1S/C14H20N2O2/c17-11-13-5-6-14(18-13)16-9-7-15(8-10-16)12-3-1-2-4-12/h5-6,11-12H,1-4,7-10H2. The highest BCUT2D eigenvalue weighted by Crippen LogP contribution is 2.26. The summed E-state index contributed by atoms with van der Waals surface area (Å²) in [6.45, 7) is 4.23. The van der Waals surface area contributed by atoms with Crippen LogP contribution >= 0.6 is 0 Å². The minimum atomic E-state index is 0.420. The average molecular weight is 248 g/mol. The third-order valence-electron chi connectivity index (χ3n) is 4.20. The first-order valence-corrected chi connectivity index (χ1v) is 6.91. The van der Waals surface area contributed by atoms with E-state index in [2.05, 4.69) is 9.80 Å². The molecule has 0 unspecified atom stereocenters. The van der Waals surface area contributed by atoms with Crippen molar-refractivity contribution in [2.45, 2.75) is 31.7 Å². The lowest BCUT2D eigenvalue weighted by molar-refractivity contribution is 0.110. The first-order valence-electron chi connectivity index (χ1n) is 6.91. The van der Waals surface area contributed by atoms with Gasteiger partial charge in [-0.1, -0.05) is 12.8 Å². The molecule has 1 saturated carbocycles. The molecule has 3 rings (SSSR count). The molecule has 0 spiro atoms. The lowest BCUT2D eigenvalue weighted by atomic mass is 10.2. The van der Waals surface area contributed by atoms with Crippen molar-refractivity contribution in [3.05, 3.63) is 17.9 Å². The number of rotatable bonds is 3. The van der Waals surface area contributed by atoms with Gasteiger partial charge >= 0.3 is 0 Å². The van der Waals surface area contributed by atoms with E-state index in [1.807, 2.05) is 6.07 Å². The number of anilines is 1. The monoisotopic (exact) mass is 248 g/mol. The zero-order valence-corrected chi connectivity index (χ0v) is 10.7. The summed E-state index contributed by atoms with van der Waals surface area (Å²) in [5.74, 6) is 1.26. The molecule has 0 N–H and O–H groups in total. The predicted molar refractivity (Wildman–Crippen MR) is 70.1 cm³/mol. The molecule has 18 heavy (non-hydrogen) atoms. The molecule has 4 nitrogen and oxygen atoms in total. The van der Waals surface area contributed by atoms with E-state index in [1.54, 1.807) is 6.07 Å². The van der Waals surface area contributed by atoms with Crippen molar-refractivity contribution in [1.82, 2.24) is 4.90 Å². The van der Waals surface area contributed by atoms with Crippen molar-refractivity contribution < 1.29 is 9.21 Å². The lowest BCUT2D eigenvalue weighted by Crippen LogP contribution is -2.49. The number of aldehydes is 1. The zero-order chi connectivity index (χ0) is 12.4. The summed E-state index contributed by atoms with van der Waals surface area (Å²) in [5, 5.41) is 0. The summed E-state index contributed by atoms with van der Waals surface area (Å²) < 4.78 is 5.47. The van der Waals surface area contributed by atoms with E-state index in [-0.39, 0.29) is 0 Å². The van der Waals surface area contributed by atoms with Crippen molar-refractivity contribution >= 4 is 12.2 Å². The maximum absolute atomic E-state index is 10.6. The summed E-state index contributed by atoms with van der Waals surface area (Å²) in [6, 6.07) is 4.45. The number of carbonyl (C=O) groups excluding carboxylic acids is 1. The van der Waals surface area contributed by atoms with Crippen LogP contribution in [0.2, 0.25) is 0 Å². The number of furan rings is 1. The van der Waals surface area contributed by atoms with Gasteiger partial charge in [-0.3, -0.25) is 9.69 Å². The number of piperazine rings is 1. The van der Waals surface area contributed by atoms with Crippen LogP contribution in [0.25, 0.3) is 0 Å². The maximum Gasteiger partial charge on any atom is 0.196 e. The van der Waals surface area contributed by atoms with Crippen LogP contribution in [0.1, 0.15) is 36.2 Å². The van der Waals surface area contributed by atoms with Gasteiger partial charge in [0.25, 0.3) is 0 Å². The summed E-state index contributed by atoms with van der Waals surface area (Å²) in [7, 11) is 0. The highest BCUT2D eigenvalue weighted by Gasteiger charge is 2.26. The van der Waals surface area contributed by atoms with Gasteiger partial charge in [0.15, 0.2) is 17.9 Å². The zero-order valence-electron chi connectivity index (χ0n) is 10.7. The minimum Gasteiger partial charge on any atom is -0.438 e. The summed E-state index contributed by atoms with van der Waals surface area (Å²) >= 11 is 0. The van der Waals surface area contributed by atoms with E-state index in [4.69, 9.17) is 4.42 Å². The van der Waals surface area contributed by atoms with Crippen molar-refractivity contribution in [1.29, 1.82) is 0 Å². The van der Waals surface area contributed by atoms with E-state index in [0.717, 1.165) is 44.4 Å². The SMILES string of the molecule is O=Cc1ccc(N2CCN(C3CCCC3)CC2)o1. The average Bonchev–Trinajstić information content (AvgIpc) is 3.10. The van der Waals surface area contributed by atoms with Gasteiger partial charge < -0.3 is 9.32 Å². The minimum absolute atomic E-state index is 0.420. The molecule has 2 heterocycles. The summed E-state index contributed by atoms with van der Waals surface area (Å²) in [6.07, 6.45) is 6.29. The molecule has 2 fully saturated rings. The fraction of sp³-hybridized carbons (Fsp3) is 0.643. The molecule has 0 amide bonds. The summed E-state index contributed by atoms with van der Waals surface area (Å²) in [5.41, 5.74) is 0. The number of hydrogen-bond acceptors (Lipinski definition) is 4.